The fourth-order valence-electron chi connectivity index (χ4n) is 1.69. The van der Waals surface area contributed by atoms with E-state index in [-0.39, 0.29) is 11.2 Å². The summed E-state index contributed by atoms with van der Waals surface area (Å²) in [4.78, 5) is 8.72. The lowest BCUT2D eigenvalue weighted by molar-refractivity contribution is 0.435. The summed E-state index contributed by atoms with van der Waals surface area (Å²) in [6.07, 6.45) is 0. The average molecular weight is 309 g/mol. The summed E-state index contributed by atoms with van der Waals surface area (Å²) in [5, 5.41) is 0.346. The molecule has 0 aliphatic heterocycles. The molecule has 0 N–H and O–H groups in total. The van der Waals surface area contributed by atoms with Crippen LogP contribution in [0.25, 0.3) is 0 Å². The summed E-state index contributed by atoms with van der Waals surface area (Å²) in [7, 11) is 0. The topological polar surface area (TPSA) is 35.0 Å². The number of nitrogens with zero attached hydrogens (tertiary/aromatic N) is 2. The smallest absolute Gasteiger partial charge is 0.227 e. The van der Waals surface area contributed by atoms with Gasteiger partial charge in [-0.15, -0.1) is 0 Å². The van der Waals surface area contributed by atoms with Gasteiger partial charge >= 0.3 is 0 Å². The first-order valence-corrected chi connectivity index (χ1v) is 7.05. The predicted molar refractivity (Wildman–Crippen MR) is 81.7 cm³/mol. The Kier molecular flexibility index (Phi) is 4.19. The van der Waals surface area contributed by atoms with Gasteiger partial charge < -0.3 is 4.74 Å². The zero-order chi connectivity index (χ0) is 15.8. The van der Waals surface area contributed by atoms with Crippen LogP contribution in [0.3, 0.4) is 0 Å². The molecule has 0 saturated heterocycles. The maximum Gasteiger partial charge on any atom is 0.227 e. The van der Waals surface area contributed by atoms with Crippen LogP contribution >= 0.6 is 11.6 Å². The van der Waals surface area contributed by atoms with Crippen molar-refractivity contribution in [3.8, 4) is 11.6 Å². The molecule has 1 aromatic carbocycles. The van der Waals surface area contributed by atoms with Crippen molar-refractivity contribution in [1.29, 1.82) is 0 Å². The number of aryl methyl sites for hydroxylation is 1. The molecule has 112 valence electrons. The van der Waals surface area contributed by atoms with Gasteiger partial charge in [0.25, 0.3) is 0 Å². The molecule has 0 aliphatic rings. The van der Waals surface area contributed by atoms with Crippen molar-refractivity contribution in [3.63, 3.8) is 0 Å². The maximum absolute atomic E-state index is 13.4. The van der Waals surface area contributed by atoms with Gasteiger partial charge in [0.1, 0.15) is 22.5 Å². The van der Waals surface area contributed by atoms with E-state index in [9.17, 15) is 4.39 Å². The fourth-order valence-corrected chi connectivity index (χ4v) is 1.85. The number of halogens is 2. The molecule has 0 aliphatic carbocycles. The molecule has 2 aromatic rings. The highest BCUT2D eigenvalue weighted by atomic mass is 35.5. The van der Waals surface area contributed by atoms with Crippen LogP contribution in [-0.2, 0) is 5.41 Å². The number of hydrogen-bond acceptors (Lipinski definition) is 3. The molecule has 0 atom stereocenters. The van der Waals surface area contributed by atoms with Gasteiger partial charge in [0.05, 0.1) is 0 Å². The highest BCUT2D eigenvalue weighted by molar-refractivity contribution is 6.30. The number of ether oxygens (including phenoxy) is 1. The summed E-state index contributed by atoms with van der Waals surface area (Å²) in [5.74, 6) is 1.01. The highest BCUT2D eigenvalue weighted by Gasteiger charge is 2.21. The average Bonchev–Trinajstić information content (AvgIpc) is 2.37. The van der Waals surface area contributed by atoms with Crippen LogP contribution in [0.15, 0.2) is 18.2 Å². The fraction of sp³-hybridized carbons (Fsp3) is 0.375. The van der Waals surface area contributed by atoms with Crippen LogP contribution in [0, 0.1) is 19.7 Å². The van der Waals surface area contributed by atoms with Crippen molar-refractivity contribution >= 4 is 11.6 Å². The molecule has 0 amide bonds. The van der Waals surface area contributed by atoms with E-state index < -0.39 is 0 Å². The van der Waals surface area contributed by atoms with Gasteiger partial charge in [-0.1, -0.05) is 38.4 Å². The number of rotatable bonds is 2. The Morgan fingerprint density at radius 3 is 2.43 bits per heavy atom. The third kappa shape index (κ3) is 3.50. The Hall–Kier alpha value is -1.68. The molecule has 5 heteroatoms. The van der Waals surface area contributed by atoms with E-state index >= 15 is 0 Å². The minimum absolute atomic E-state index is 0.258. The van der Waals surface area contributed by atoms with Crippen LogP contribution in [0.5, 0.6) is 11.6 Å². The van der Waals surface area contributed by atoms with Crippen LogP contribution < -0.4 is 4.74 Å². The molecule has 0 unspecified atom stereocenters. The molecular formula is C16H18ClFN2O. The molecule has 0 saturated carbocycles. The number of hydrogen-bond donors (Lipinski definition) is 0. The van der Waals surface area contributed by atoms with Gasteiger partial charge in [0.2, 0.25) is 5.88 Å². The van der Waals surface area contributed by atoms with Crippen molar-refractivity contribution in [2.24, 2.45) is 0 Å². The molecular weight excluding hydrogens is 291 g/mol. The van der Waals surface area contributed by atoms with E-state index in [2.05, 4.69) is 9.97 Å². The van der Waals surface area contributed by atoms with E-state index in [1.165, 1.54) is 12.1 Å². The minimum Gasteiger partial charge on any atom is -0.438 e. The molecule has 0 bridgehead atoms. The SMILES string of the molecule is Cc1ccc(F)cc1Oc1nc(C(C)(C)C)nc(Cl)c1C. The van der Waals surface area contributed by atoms with E-state index in [4.69, 9.17) is 16.3 Å². The maximum atomic E-state index is 13.4. The lowest BCUT2D eigenvalue weighted by Crippen LogP contribution is -2.17. The normalized spacial score (nSPS) is 11.6. The van der Waals surface area contributed by atoms with Crippen molar-refractivity contribution < 1.29 is 9.13 Å². The first kappa shape index (κ1) is 15.7. The monoisotopic (exact) mass is 308 g/mol. The van der Waals surface area contributed by atoms with Crippen LogP contribution in [0.1, 0.15) is 37.7 Å². The molecule has 3 nitrogen and oxygen atoms in total. The molecule has 2 rings (SSSR count). The zero-order valence-corrected chi connectivity index (χ0v) is 13.5. The van der Waals surface area contributed by atoms with Crippen molar-refractivity contribution in [1.82, 2.24) is 9.97 Å². The minimum atomic E-state index is -0.357. The Labute approximate surface area is 129 Å². The van der Waals surface area contributed by atoms with Gasteiger partial charge in [-0.2, -0.15) is 4.98 Å². The van der Waals surface area contributed by atoms with Gasteiger partial charge in [0, 0.05) is 17.0 Å². The third-order valence-corrected chi connectivity index (χ3v) is 3.44. The lowest BCUT2D eigenvalue weighted by Gasteiger charge is -2.19. The molecule has 1 aromatic heterocycles. The Balaban J connectivity index is 2.49. The Morgan fingerprint density at radius 2 is 1.81 bits per heavy atom. The first-order chi connectivity index (χ1) is 9.68. The second kappa shape index (κ2) is 5.60. The number of aromatic nitrogens is 2. The number of benzene rings is 1. The van der Waals surface area contributed by atoms with Crippen molar-refractivity contribution in [3.05, 3.63) is 46.1 Å². The molecule has 1 heterocycles. The van der Waals surface area contributed by atoms with Crippen molar-refractivity contribution in [2.45, 2.75) is 40.0 Å². The standard InChI is InChI=1S/C16H18ClFN2O/c1-9-6-7-11(18)8-12(9)21-14-10(2)13(17)19-15(20-14)16(3,4)5/h6-8H,1-5H3. The lowest BCUT2D eigenvalue weighted by atomic mass is 9.96. The van der Waals surface area contributed by atoms with Crippen molar-refractivity contribution in [2.75, 3.05) is 0 Å². The van der Waals surface area contributed by atoms with Gasteiger partial charge in [-0.25, -0.2) is 9.37 Å². The van der Waals surface area contributed by atoms with E-state index in [0.29, 0.717) is 28.2 Å². The summed E-state index contributed by atoms with van der Waals surface area (Å²) >= 11 is 6.16. The van der Waals surface area contributed by atoms with Crippen LogP contribution in [0.4, 0.5) is 4.39 Å². The van der Waals surface area contributed by atoms with Crippen LogP contribution in [0.2, 0.25) is 5.15 Å². The Bertz CT molecular complexity index is 681. The van der Waals surface area contributed by atoms with Gasteiger partial charge in [-0.3, -0.25) is 0 Å². The van der Waals surface area contributed by atoms with E-state index in [1.807, 2.05) is 27.7 Å². The molecule has 0 fully saturated rings. The molecule has 0 spiro atoms. The summed E-state index contributed by atoms with van der Waals surface area (Å²) in [6.45, 7) is 9.60. The zero-order valence-electron chi connectivity index (χ0n) is 12.8. The van der Waals surface area contributed by atoms with E-state index in [1.54, 1.807) is 13.0 Å². The highest BCUT2D eigenvalue weighted by Crippen LogP contribution is 2.31. The summed E-state index contributed by atoms with van der Waals surface area (Å²) in [6, 6.07) is 4.39. The largest absolute Gasteiger partial charge is 0.438 e. The van der Waals surface area contributed by atoms with Crippen LogP contribution in [-0.4, -0.2) is 9.97 Å². The molecule has 0 radical (unpaired) electrons. The molecule has 21 heavy (non-hydrogen) atoms. The second-order valence-corrected chi connectivity index (χ2v) is 6.39. The van der Waals surface area contributed by atoms with E-state index in [0.717, 1.165) is 5.56 Å². The van der Waals surface area contributed by atoms with Gasteiger partial charge in [0.15, 0.2) is 0 Å². The summed E-state index contributed by atoms with van der Waals surface area (Å²) in [5.41, 5.74) is 1.20. The third-order valence-electron chi connectivity index (χ3n) is 3.07. The first-order valence-electron chi connectivity index (χ1n) is 6.67. The second-order valence-electron chi connectivity index (χ2n) is 6.03. The quantitative estimate of drug-likeness (QED) is 0.734. The summed E-state index contributed by atoms with van der Waals surface area (Å²) < 4.78 is 19.1. The predicted octanol–water partition coefficient (Wildman–Crippen LogP) is 4.98. The van der Waals surface area contributed by atoms with Gasteiger partial charge in [-0.05, 0) is 25.5 Å². The Morgan fingerprint density at radius 1 is 1.14 bits per heavy atom.